The quantitative estimate of drug-likeness (QED) is 0.369. The summed E-state index contributed by atoms with van der Waals surface area (Å²) in [6.07, 6.45) is 3.07. The minimum atomic E-state index is -4.93. The van der Waals surface area contributed by atoms with E-state index >= 15 is 0 Å². The van der Waals surface area contributed by atoms with Gasteiger partial charge in [0.2, 0.25) is 0 Å². The lowest BCUT2D eigenvalue weighted by Crippen LogP contribution is -2.54. The average Bonchev–Trinajstić information content (AvgIpc) is 2.90. The Bertz CT molecular complexity index is 1380. The van der Waals surface area contributed by atoms with Gasteiger partial charge in [-0.2, -0.15) is 20.2 Å². The molecular formula is C25H26N4O6S2. The molecule has 194 valence electrons. The van der Waals surface area contributed by atoms with Gasteiger partial charge in [-0.05, 0) is 47.8 Å². The Hall–Kier alpha value is -3.90. The van der Waals surface area contributed by atoms with E-state index in [1.807, 2.05) is 4.72 Å². The topological polar surface area (TPSA) is 149 Å². The van der Waals surface area contributed by atoms with Crippen LogP contribution in [0.25, 0.3) is 11.1 Å². The molecule has 2 aromatic carbocycles. The number of hydrogen-bond donors (Lipinski definition) is 2. The smallest absolute Gasteiger partial charge is 0.329 e. The summed E-state index contributed by atoms with van der Waals surface area (Å²) in [5.74, 6) is -2.92. The number of nitrogens with zero attached hydrogens (tertiary/aromatic N) is 2. The molecule has 3 aromatic rings. The van der Waals surface area contributed by atoms with E-state index in [0.717, 1.165) is 7.11 Å². The standard InChI is InChI=1S/C25H26N4O6S2/c1-35-25(32)21(14-16-36-2)29(37(33,34)28-23(30)20-13-8-15-27-22(20)26)24(31)19-12-7-6-11-18(19)17-9-4-3-5-10-17/h3-13,15,21H,14,16H2,1-2H3,(H2,26,27)(H,28,30)/t21-/m0/s1. The highest BCUT2D eigenvalue weighted by atomic mass is 32.2. The van der Waals surface area contributed by atoms with Gasteiger partial charge in [-0.3, -0.25) is 9.59 Å². The fraction of sp³-hybridized carbons (Fsp3) is 0.200. The summed E-state index contributed by atoms with van der Waals surface area (Å²) in [4.78, 5) is 43.3. The number of pyridine rings is 1. The number of rotatable bonds is 10. The highest BCUT2D eigenvalue weighted by Gasteiger charge is 2.41. The molecule has 12 heteroatoms. The largest absolute Gasteiger partial charge is 0.467 e. The number of hydrogen-bond acceptors (Lipinski definition) is 9. The van der Waals surface area contributed by atoms with Crippen molar-refractivity contribution in [3.8, 4) is 11.1 Å². The van der Waals surface area contributed by atoms with Crippen LogP contribution in [0.2, 0.25) is 0 Å². The van der Waals surface area contributed by atoms with Crippen LogP contribution in [-0.4, -0.2) is 60.7 Å². The van der Waals surface area contributed by atoms with Crippen LogP contribution in [0.1, 0.15) is 27.1 Å². The van der Waals surface area contributed by atoms with E-state index in [1.165, 1.54) is 36.2 Å². The molecule has 0 radical (unpaired) electrons. The van der Waals surface area contributed by atoms with E-state index in [9.17, 15) is 22.8 Å². The first kappa shape index (κ1) is 27.7. The molecule has 0 aliphatic carbocycles. The van der Waals surface area contributed by atoms with Crippen molar-refractivity contribution in [2.45, 2.75) is 12.5 Å². The molecule has 1 heterocycles. The van der Waals surface area contributed by atoms with Crippen LogP contribution in [0.5, 0.6) is 0 Å². The molecule has 0 fully saturated rings. The molecule has 0 bridgehead atoms. The number of carbonyl (C=O) groups is 3. The maximum absolute atomic E-state index is 13.9. The molecule has 10 nitrogen and oxygen atoms in total. The molecule has 0 saturated heterocycles. The number of benzene rings is 2. The first-order chi connectivity index (χ1) is 17.7. The van der Waals surface area contributed by atoms with Crippen LogP contribution in [0, 0.1) is 0 Å². The second-order valence-electron chi connectivity index (χ2n) is 7.71. The third kappa shape index (κ3) is 6.46. The van der Waals surface area contributed by atoms with Crippen LogP contribution in [-0.2, 0) is 19.7 Å². The van der Waals surface area contributed by atoms with Gasteiger partial charge >= 0.3 is 16.2 Å². The maximum atomic E-state index is 13.9. The molecule has 1 atom stereocenters. The number of esters is 1. The lowest BCUT2D eigenvalue weighted by Gasteiger charge is -2.29. The van der Waals surface area contributed by atoms with E-state index in [2.05, 4.69) is 4.98 Å². The summed E-state index contributed by atoms with van der Waals surface area (Å²) >= 11 is 1.35. The van der Waals surface area contributed by atoms with Crippen LogP contribution >= 0.6 is 11.8 Å². The molecule has 37 heavy (non-hydrogen) atoms. The van der Waals surface area contributed by atoms with Gasteiger partial charge in [0.15, 0.2) is 0 Å². The Morgan fingerprint density at radius 1 is 1.03 bits per heavy atom. The number of nitrogen functional groups attached to an aromatic ring is 1. The average molecular weight is 543 g/mol. The zero-order valence-electron chi connectivity index (χ0n) is 20.2. The fourth-order valence-electron chi connectivity index (χ4n) is 3.60. The van der Waals surface area contributed by atoms with Gasteiger partial charge in [0.05, 0.1) is 12.7 Å². The first-order valence-electron chi connectivity index (χ1n) is 11.0. The lowest BCUT2D eigenvalue weighted by atomic mass is 9.99. The van der Waals surface area contributed by atoms with Crippen LogP contribution in [0.4, 0.5) is 5.82 Å². The van der Waals surface area contributed by atoms with Crippen molar-refractivity contribution in [3.63, 3.8) is 0 Å². The molecule has 0 aliphatic heterocycles. The van der Waals surface area contributed by atoms with E-state index < -0.39 is 34.0 Å². The number of nitrogens with two attached hydrogens (primary N) is 1. The third-order valence-electron chi connectivity index (χ3n) is 5.36. The van der Waals surface area contributed by atoms with Crippen molar-refractivity contribution >= 4 is 45.6 Å². The minimum absolute atomic E-state index is 0.0190. The molecule has 0 aliphatic rings. The highest BCUT2D eigenvalue weighted by molar-refractivity contribution is 7.98. The molecule has 0 spiro atoms. The number of carbonyl (C=O) groups excluding carboxylic acids is 3. The molecule has 3 rings (SSSR count). The van der Waals surface area contributed by atoms with Crippen LogP contribution < -0.4 is 10.5 Å². The van der Waals surface area contributed by atoms with Crippen molar-refractivity contribution < 1.29 is 27.5 Å². The van der Waals surface area contributed by atoms with Crippen LogP contribution in [0.3, 0.4) is 0 Å². The van der Waals surface area contributed by atoms with Crippen molar-refractivity contribution in [1.82, 2.24) is 14.0 Å². The Morgan fingerprint density at radius 2 is 1.68 bits per heavy atom. The summed E-state index contributed by atoms with van der Waals surface area (Å²) in [5, 5.41) is 0. The minimum Gasteiger partial charge on any atom is -0.467 e. The Morgan fingerprint density at radius 3 is 2.32 bits per heavy atom. The number of thioether (sulfide) groups is 1. The van der Waals surface area contributed by atoms with E-state index in [4.69, 9.17) is 10.5 Å². The van der Waals surface area contributed by atoms with E-state index in [1.54, 1.807) is 54.8 Å². The van der Waals surface area contributed by atoms with Gasteiger partial charge in [-0.1, -0.05) is 48.5 Å². The molecule has 0 unspecified atom stereocenters. The first-order valence-corrected chi connectivity index (χ1v) is 13.9. The Balaban J connectivity index is 2.13. The Kier molecular flexibility index (Phi) is 9.25. The van der Waals surface area contributed by atoms with Crippen LogP contribution in [0.15, 0.2) is 72.9 Å². The monoisotopic (exact) mass is 542 g/mol. The summed E-state index contributed by atoms with van der Waals surface area (Å²) in [5.41, 5.74) is 6.65. The second kappa shape index (κ2) is 12.4. The van der Waals surface area contributed by atoms with Gasteiger partial charge in [-0.15, -0.1) is 0 Å². The molecule has 2 amide bonds. The zero-order chi connectivity index (χ0) is 27.0. The molecule has 1 aromatic heterocycles. The second-order valence-corrected chi connectivity index (χ2v) is 10.2. The fourth-order valence-corrected chi connectivity index (χ4v) is 5.35. The summed E-state index contributed by atoms with van der Waals surface area (Å²) in [7, 11) is -3.83. The SMILES string of the molecule is COC(=O)[C@H](CCSC)N(C(=O)c1ccccc1-c1ccccc1)S(=O)(=O)NC(=O)c1cccnc1N. The van der Waals surface area contributed by atoms with Crippen molar-refractivity contribution in [2.24, 2.45) is 0 Å². The number of amides is 2. The maximum Gasteiger partial charge on any atom is 0.329 e. The third-order valence-corrected chi connectivity index (χ3v) is 7.38. The van der Waals surface area contributed by atoms with Crippen molar-refractivity contribution in [1.29, 1.82) is 0 Å². The molecular weight excluding hydrogens is 516 g/mol. The molecule has 3 N–H and O–H groups in total. The Labute approximate surface area is 219 Å². The number of ether oxygens (including phenoxy) is 1. The highest BCUT2D eigenvalue weighted by Crippen LogP contribution is 2.27. The predicted octanol–water partition coefficient (Wildman–Crippen LogP) is 2.74. The summed E-state index contributed by atoms with van der Waals surface area (Å²) < 4.78 is 34.3. The zero-order valence-corrected chi connectivity index (χ0v) is 21.8. The van der Waals surface area contributed by atoms with Crippen molar-refractivity contribution in [2.75, 3.05) is 24.9 Å². The summed E-state index contributed by atoms with van der Waals surface area (Å²) in [6, 6.07) is 16.5. The van der Waals surface area contributed by atoms with Gasteiger partial charge in [-0.25, -0.2) is 18.8 Å². The van der Waals surface area contributed by atoms with Gasteiger partial charge in [0, 0.05) is 11.8 Å². The number of anilines is 1. The predicted molar refractivity (Wildman–Crippen MR) is 142 cm³/mol. The van der Waals surface area contributed by atoms with E-state index in [-0.39, 0.29) is 23.4 Å². The van der Waals surface area contributed by atoms with E-state index in [0.29, 0.717) is 21.2 Å². The normalized spacial score (nSPS) is 11.8. The summed E-state index contributed by atoms with van der Waals surface area (Å²) in [6.45, 7) is 0. The molecule has 0 saturated carbocycles. The van der Waals surface area contributed by atoms with Gasteiger partial charge in [0.25, 0.3) is 11.8 Å². The van der Waals surface area contributed by atoms with Crippen molar-refractivity contribution in [3.05, 3.63) is 84.1 Å². The van der Waals surface area contributed by atoms with Gasteiger partial charge < -0.3 is 10.5 Å². The lowest BCUT2D eigenvalue weighted by molar-refractivity contribution is -0.144. The number of methoxy groups -OCH3 is 1. The number of aromatic nitrogens is 1. The van der Waals surface area contributed by atoms with Gasteiger partial charge in [0.1, 0.15) is 11.9 Å². The number of nitrogens with one attached hydrogen (secondary N) is 1.